The molecule has 0 spiro atoms. The third-order valence-corrected chi connectivity index (χ3v) is 5.36. The fourth-order valence-corrected chi connectivity index (χ4v) is 3.53. The first-order chi connectivity index (χ1) is 17.5. The minimum absolute atomic E-state index is 0.0532. The zero-order chi connectivity index (χ0) is 25.6. The summed E-state index contributed by atoms with van der Waals surface area (Å²) in [7, 11) is 0. The molecular formula is C27H29N3O5S. The van der Waals surface area contributed by atoms with E-state index in [1.54, 1.807) is 6.07 Å². The molecule has 3 N–H and O–H groups in total. The molecule has 188 valence electrons. The number of aryl methyl sites for hydroxylation is 1. The van der Waals surface area contributed by atoms with Crippen molar-refractivity contribution in [2.45, 2.75) is 32.1 Å². The number of rotatable bonds is 11. The predicted molar refractivity (Wildman–Crippen MR) is 141 cm³/mol. The van der Waals surface area contributed by atoms with E-state index < -0.39 is 5.91 Å². The minimum atomic E-state index is -0.463. The number of nitrogens with one attached hydrogen (secondary N) is 3. The number of thiocarbonyl (C=S) groups is 1. The zero-order valence-corrected chi connectivity index (χ0v) is 20.6. The number of carbonyl (C=O) groups excluding carboxylic acids is 3. The molecule has 0 aliphatic rings. The molecule has 3 aromatic carbocycles. The van der Waals surface area contributed by atoms with Gasteiger partial charge < -0.3 is 14.8 Å². The SMILES string of the molecule is O=C(COc1ccc2ccccc2c1)NNC(=S)NC(=O)CCCC(=O)OCCCc1ccccc1. The molecule has 0 fully saturated rings. The van der Waals surface area contributed by atoms with Gasteiger partial charge in [0.05, 0.1) is 6.61 Å². The van der Waals surface area contributed by atoms with Crippen LogP contribution in [0.1, 0.15) is 31.2 Å². The topological polar surface area (TPSA) is 106 Å². The first-order valence-electron chi connectivity index (χ1n) is 11.7. The fourth-order valence-electron chi connectivity index (χ4n) is 3.36. The number of ether oxygens (including phenoxy) is 2. The van der Waals surface area contributed by atoms with Crippen LogP contribution in [0.3, 0.4) is 0 Å². The molecule has 0 heterocycles. The predicted octanol–water partition coefficient (Wildman–Crippen LogP) is 3.59. The average Bonchev–Trinajstić information content (AvgIpc) is 2.89. The summed E-state index contributed by atoms with van der Waals surface area (Å²) in [4.78, 5) is 35.8. The molecule has 0 bridgehead atoms. The number of benzene rings is 3. The van der Waals surface area contributed by atoms with E-state index in [4.69, 9.17) is 21.7 Å². The van der Waals surface area contributed by atoms with Gasteiger partial charge in [0.15, 0.2) is 11.7 Å². The van der Waals surface area contributed by atoms with Gasteiger partial charge in [0.1, 0.15) is 5.75 Å². The van der Waals surface area contributed by atoms with Crippen LogP contribution in [-0.2, 0) is 25.5 Å². The number of carbonyl (C=O) groups is 3. The van der Waals surface area contributed by atoms with Crippen LogP contribution in [0, 0.1) is 0 Å². The Balaban J connectivity index is 1.22. The quantitative estimate of drug-likeness (QED) is 0.158. The maximum atomic E-state index is 12.0. The van der Waals surface area contributed by atoms with Gasteiger partial charge >= 0.3 is 5.97 Å². The molecule has 3 aromatic rings. The molecule has 2 amide bonds. The van der Waals surface area contributed by atoms with Crippen molar-refractivity contribution in [1.29, 1.82) is 0 Å². The van der Waals surface area contributed by atoms with E-state index in [9.17, 15) is 14.4 Å². The molecule has 0 atom stereocenters. The van der Waals surface area contributed by atoms with Crippen LogP contribution in [0.25, 0.3) is 10.8 Å². The van der Waals surface area contributed by atoms with Gasteiger partial charge in [-0.15, -0.1) is 0 Å². The third-order valence-electron chi connectivity index (χ3n) is 5.16. The summed E-state index contributed by atoms with van der Waals surface area (Å²) in [5, 5.41) is 4.48. The summed E-state index contributed by atoms with van der Waals surface area (Å²) in [5.74, 6) is -0.606. The van der Waals surface area contributed by atoms with Crippen molar-refractivity contribution in [3.05, 3.63) is 78.4 Å². The average molecular weight is 508 g/mol. The standard InChI is InChI=1S/C27H29N3O5S/c31-24(13-6-14-26(33)34-17-7-10-20-8-2-1-3-9-20)28-27(36)30-29-25(32)19-35-23-16-15-21-11-4-5-12-22(21)18-23/h1-5,8-9,11-12,15-16,18H,6-7,10,13-14,17,19H2,(H,29,32)(H2,28,30,31,36). The minimum Gasteiger partial charge on any atom is -0.484 e. The maximum absolute atomic E-state index is 12.0. The van der Waals surface area contributed by atoms with Crippen molar-refractivity contribution < 1.29 is 23.9 Å². The summed E-state index contributed by atoms with van der Waals surface area (Å²) in [6.07, 6.45) is 2.15. The van der Waals surface area contributed by atoms with Gasteiger partial charge in [-0.05, 0) is 59.9 Å². The normalized spacial score (nSPS) is 10.3. The Kier molecular flexibility index (Phi) is 10.7. The van der Waals surface area contributed by atoms with E-state index in [0.29, 0.717) is 18.8 Å². The van der Waals surface area contributed by atoms with E-state index in [0.717, 1.165) is 23.6 Å². The summed E-state index contributed by atoms with van der Waals surface area (Å²) in [5.41, 5.74) is 6.02. The molecule has 9 heteroatoms. The summed E-state index contributed by atoms with van der Waals surface area (Å²) in [6.45, 7) is 0.119. The van der Waals surface area contributed by atoms with Crippen molar-refractivity contribution in [2.75, 3.05) is 13.2 Å². The highest BCUT2D eigenvalue weighted by Gasteiger charge is 2.09. The fraction of sp³-hybridized carbons (Fsp3) is 0.259. The monoisotopic (exact) mass is 507 g/mol. The van der Waals surface area contributed by atoms with Gasteiger partial charge in [0.2, 0.25) is 5.91 Å². The van der Waals surface area contributed by atoms with E-state index in [2.05, 4.69) is 16.2 Å². The van der Waals surface area contributed by atoms with Crippen LogP contribution in [0.15, 0.2) is 72.8 Å². The lowest BCUT2D eigenvalue weighted by molar-refractivity contribution is -0.143. The highest BCUT2D eigenvalue weighted by atomic mass is 32.1. The Morgan fingerprint density at radius 3 is 2.33 bits per heavy atom. The molecule has 0 unspecified atom stereocenters. The molecule has 0 aliphatic heterocycles. The molecule has 36 heavy (non-hydrogen) atoms. The van der Waals surface area contributed by atoms with E-state index in [-0.39, 0.29) is 36.4 Å². The van der Waals surface area contributed by atoms with Crippen LogP contribution < -0.4 is 20.9 Å². The zero-order valence-electron chi connectivity index (χ0n) is 19.8. The van der Waals surface area contributed by atoms with Crippen molar-refractivity contribution >= 4 is 45.9 Å². The second kappa shape index (κ2) is 14.4. The van der Waals surface area contributed by atoms with Crippen molar-refractivity contribution in [1.82, 2.24) is 16.2 Å². The third kappa shape index (κ3) is 9.71. The first-order valence-corrected chi connectivity index (χ1v) is 12.1. The number of hydrogen-bond donors (Lipinski definition) is 3. The lowest BCUT2D eigenvalue weighted by Gasteiger charge is -2.11. The molecule has 3 rings (SSSR count). The van der Waals surface area contributed by atoms with Gasteiger partial charge in [-0.3, -0.25) is 25.2 Å². The molecular weight excluding hydrogens is 478 g/mol. The van der Waals surface area contributed by atoms with Crippen LogP contribution in [0.2, 0.25) is 0 Å². The van der Waals surface area contributed by atoms with Crippen molar-refractivity contribution in [2.24, 2.45) is 0 Å². The number of amides is 2. The molecule has 0 radical (unpaired) electrons. The number of esters is 1. The van der Waals surface area contributed by atoms with Gasteiger partial charge in [-0.25, -0.2) is 0 Å². The Hall–Kier alpha value is -3.98. The van der Waals surface area contributed by atoms with Crippen LogP contribution >= 0.6 is 12.2 Å². The Labute approximate surface area is 215 Å². The largest absolute Gasteiger partial charge is 0.484 e. The second-order valence-electron chi connectivity index (χ2n) is 8.01. The maximum Gasteiger partial charge on any atom is 0.305 e. The van der Waals surface area contributed by atoms with Gasteiger partial charge in [-0.2, -0.15) is 0 Å². The molecule has 0 aliphatic carbocycles. The van der Waals surface area contributed by atoms with Crippen LogP contribution in [0.4, 0.5) is 0 Å². The van der Waals surface area contributed by atoms with Crippen LogP contribution in [0.5, 0.6) is 5.75 Å². The van der Waals surface area contributed by atoms with E-state index in [1.165, 1.54) is 5.56 Å². The van der Waals surface area contributed by atoms with Gasteiger partial charge in [0.25, 0.3) is 5.91 Å². The second-order valence-corrected chi connectivity index (χ2v) is 8.42. The van der Waals surface area contributed by atoms with E-state index >= 15 is 0 Å². The van der Waals surface area contributed by atoms with Gasteiger partial charge in [0, 0.05) is 12.8 Å². The number of hydrogen-bond acceptors (Lipinski definition) is 6. The molecule has 0 saturated heterocycles. The molecule has 8 nitrogen and oxygen atoms in total. The summed E-state index contributed by atoms with van der Waals surface area (Å²) >= 11 is 5.00. The van der Waals surface area contributed by atoms with Crippen LogP contribution in [-0.4, -0.2) is 36.1 Å². The Morgan fingerprint density at radius 2 is 1.53 bits per heavy atom. The van der Waals surface area contributed by atoms with Crippen molar-refractivity contribution in [3.8, 4) is 5.75 Å². The highest BCUT2D eigenvalue weighted by Crippen LogP contribution is 2.20. The lowest BCUT2D eigenvalue weighted by Crippen LogP contribution is -2.49. The van der Waals surface area contributed by atoms with E-state index in [1.807, 2.05) is 66.7 Å². The Morgan fingerprint density at radius 1 is 0.778 bits per heavy atom. The first kappa shape index (κ1) is 26.6. The highest BCUT2D eigenvalue weighted by molar-refractivity contribution is 7.80. The van der Waals surface area contributed by atoms with Crippen molar-refractivity contribution in [3.63, 3.8) is 0 Å². The summed E-state index contributed by atoms with van der Waals surface area (Å²) < 4.78 is 10.7. The summed E-state index contributed by atoms with van der Waals surface area (Å²) in [6, 6.07) is 23.4. The molecule has 0 saturated carbocycles. The van der Waals surface area contributed by atoms with Gasteiger partial charge in [-0.1, -0.05) is 60.7 Å². The number of fused-ring (bicyclic) bond motifs is 1. The number of hydrazine groups is 1. The lowest BCUT2D eigenvalue weighted by atomic mass is 10.1. The molecule has 0 aromatic heterocycles. The smallest absolute Gasteiger partial charge is 0.305 e. The Bertz CT molecular complexity index is 1190.